The summed E-state index contributed by atoms with van der Waals surface area (Å²) in [6.07, 6.45) is -0.107. The van der Waals surface area contributed by atoms with E-state index < -0.39 is 11.7 Å². The molecule has 1 aromatic carbocycles. The third-order valence-electron chi connectivity index (χ3n) is 2.52. The van der Waals surface area contributed by atoms with E-state index in [4.69, 9.17) is 10.5 Å². The van der Waals surface area contributed by atoms with Crippen molar-refractivity contribution in [1.82, 2.24) is 5.32 Å². The lowest BCUT2D eigenvalue weighted by molar-refractivity contribution is 0.0693. The van der Waals surface area contributed by atoms with Gasteiger partial charge in [-0.3, -0.25) is 4.79 Å². The molecular formula is C13H19FN2O2. The normalized spacial score (nSPS) is 12.2. The van der Waals surface area contributed by atoms with E-state index in [0.29, 0.717) is 24.4 Å². The van der Waals surface area contributed by atoms with E-state index in [1.165, 1.54) is 12.1 Å². The lowest BCUT2D eigenvalue weighted by atomic mass is 10.1. The van der Waals surface area contributed by atoms with Crippen LogP contribution in [0.25, 0.3) is 0 Å². The van der Waals surface area contributed by atoms with Gasteiger partial charge in [0.2, 0.25) is 0 Å². The van der Waals surface area contributed by atoms with Crippen molar-refractivity contribution in [3.63, 3.8) is 0 Å². The van der Waals surface area contributed by atoms with Crippen LogP contribution in [0.2, 0.25) is 0 Å². The summed E-state index contributed by atoms with van der Waals surface area (Å²) >= 11 is 0. The number of hydrogen-bond acceptors (Lipinski definition) is 3. The van der Waals surface area contributed by atoms with Gasteiger partial charge in [0.15, 0.2) is 0 Å². The number of nitrogens with two attached hydrogens (primary N) is 1. The third kappa shape index (κ3) is 3.70. The highest BCUT2D eigenvalue weighted by Crippen LogP contribution is 2.16. The van der Waals surface area contributed by atoms with Gasteiger partial charge in [0.25, 0.3) is 5.91 Å². The van der Waals surface area contributed by atoms with Gasteiger partial charge in [-0.1, -0.05) is 0 Å². The molecule has 0 saturated carbocycles. The largest absolute Gasteiger partial charge is 0.399 e. The van der Waals surface area contributed by atoms with Crippen molar-refractivity contribution in [1.29, 1.82) is 0 Å². The van der Waals surface area contributed by atoms with Crippen LogP contribution in [-0.4, -0.2) is 25.2 Å². The Morgan fingerprint density at radius 2 is 2.22 bits per heavy atom. The quantitative estimate of drug-likeness (QED) is 0.788. The maximum Gasteiger partial charge on any atom is 0.254 e. The van der Waals surface area contributed by atoms with E-state index in [1.807, 2.05) is 13.8 Å². The molecule has 0 fully saturated rings. The lowest BCUT2D eigenvalue weighted by Crippen LogP contribution is -2.32. The summed E-state index contributed by atoms with van der Waals surface area (Å²) < 4.78 is 19.0. The van der Waals surface area contributed by atoms with Crippen molar-refractivity contribution in [2.45, 2.75) is 26.9 Å². The van der Waals surface area contributed by atoms with Crippen molar-refractivity contribution in [2.24, 2.45) is 0 Å². The third-order valence-corrected chi connectivity index (χ3v) is 2.52. The van der Waals surface area contributed by atoms with Gasteiger partial charge >= 0.3 is 0 Å². The Morgan fingerprint density at radius 3 is 2.83 bits per heavy atom. The average Bonchev–Trinajstić information content (AvgIpc) is 2.31. The fraction of sp³-hybridized carbons (Fsp3) is 0.462. The predicted octanol–water partition coefficient (Wildman–Crippen LogP) is 1.87. The number of carbonyl (C=O) groups is 1. The van der Waals surface area contributed by atoms with Crippen LogP contribution in [-0.2, 0) is 4.74 Å². The van der Waals surface area contributed by atoms with Gasteiger partial charge in [-0.2, -0.15) is 0 Å². The summed E-state index contributed by atoms with van der Waals surface area (Å²) in [4.78, 5) is 11.8. The number of nitrogen functional groups attached to an aromatic ring is 1. The number of halogens is 1. The van der Waals surface area contributed by atoms with Gasteiger partial charge in [0.1, 0.15) is 5.82 Å². The summed E-state index contributed by atoms with van der Waals surface area (Å²) in [7, 11) is 0. The number of nitrogens with one attached hydrogen (secondary N) is 1. The van der Waals surface area contributed by atoms with E-state index in [0.717, 1.165) is 0 Å². The van der Waals surface area contributed by atoms with Crippen LogP contribution in [0, 0.1) is 12.7 Å². The molecule has 1 rings (SSSR count). The minimum Gasteiger partial charge on any atom is -0.399 e. The van der Waals surface area contributed by atoms with Crippen molar-refractivity contribution < 1.29 is 13.9 Å². The number of hydrogen-bond donors (Lipinski definition) is 2. The molecule has 0 heterocycles. The topological polar surface area (TPSA) is 64.3 Å². The van der Waals surface area contributed by atoms with Crippen LogP contribution in [0.4, 0.5) is 10.1 Å². The molecule has 0 spiro atoms. The van der Waals surface area contributed by atoms with E-state index in [2.05, 4.69) is 5.32 Å². The molecule has 0 aromatic heterocycles. The molecule has 3 N–H and O–H groups in total. The summed E-state index contributed by atoms with van der Waals surface area (Å²) in [6, 6.07) is 2.83. The number of anilines is 1. The molecule has 0 aliphatic rings. The molecule has 100 valence electrons. The first-order valence-electron chi connectivity index (χ1n) is 5.91. The Morgan fingerprint density at radius 1 is 1.56 bits per heavy atom. The first kappa shape index (κ1) is 14.4. The average molecular weight is 254 g/mol. The second-order valence-corrected chi connectivity index (χ2v) is 4.18. The zero-order valence-corrected chi connectivity index (χ0v) is 10.9. The van der Waals surface area contributed by atoms with Crippen LogP contribution in [0.1, 0.15) is 29.8 Å². The van der Waals surface area contributed by atoms with Crippen LogP contribution < -0.4 is 11.1 Å². The molecule has 4 nitrogen and oxygen atoms in total. The number of rotatable bonds is 5. The molecule has 1 atom stereocenters. The SMILES string of the molecule is CCOC(C)CNC(=O)c1cc(N)cc(C)c1F. The first-order chi connectivity index (χ1) is 8.45. The van der Waals surface area contributed by atoms with Gasteiger partial charge in [-0.25, -0.2) is 4.39 Å². The Labute approximate surface area is 106 Å². The number of amides is 1. The molecule has 1 unspecified atom stereocenters. The maximum atomic E-state index is 13.8. The fourth-order valence-corrected chi connectivity index (χ4v) is 1.64. The Kier molecular flexibility index (Phi) is 5.09. The zero-order valence-electron chi connectivity index (χ0n) is 10.9. The molecule has 1 aromatic rings. The second-order valence-electron chi connectivity index (χ2n) is 4.18. The first-order valence-corrected chi connectivity index (χ1v) is 5.91. The number of ether oxygens (including phenoxy) is 1. The molecule has 5 heteroatoms. The van der Waals surface area contributed by atoms with E-state index in [9.17, 15) is 9.18 Å². The second kappa shape index (κ2) is 6.35. The minimum absolute atomic E-state index is 0.0313. The van der Waals surface area contributed by atoms with Gasteiger partial charge in [0, 0.05) is 18.8 Å². The highest BCUT2D eigenvalue weighted by Gasteiger charge is 2.15. The molecule has 0 radical (unpaired) electrons. The number of carbonyl (C=O) groups excluding carboxylic acids is 1. The lowest BCUT2D eigenvalue weighted by Gasteiger charge is -2.13. The Balaban J connectivity index is 2.73. The summed E-state index contributed by atoms with van der Waals surface area (Å²) in [6.45, 7) is 6.19. The standard InChI is InChI=1S/C13H19FN2O2/c1-4-18-9(3)7-16-13(17)11-6-10(15)5-8(2)12(11)14/h5-6,9H,4,7,15H2,1-3H3,(H,16,17). The molecule has 18 heavy (non-hydrogen) atoms. The van der Waals surface area contributed by atoms with E-state index in [1.54, 1.807) is 6.92 Å². The Bertz CT molecular complexity index is 435. The molecule has 0 aliphatic heterocycles. The van der Waals surface area contributed by atoms with Gasteiger partial charge in [-0.15, -0.1) is 0 Å². The van der Waals surface area contributed by atoms with Gasteiger partial charge in [-0.05, 0) is 38.5 Å². The van der Waals surface area contributed by atoms with E-state index in [-0.39, 0.29) is 11.7 Å². The smallest absolute Gasteiger partial charge is 0.254 e. The van der Waals surface area contributed by atoms with Crippen LogP contribution >= 0.6 is 0 Å². The fourth-order valence-electron chi connectivity index (χ4n) is 1.64. The van der Waals surface area contributed by atoms with Crippen molar-refractivity contribution >= 4 is 11.6 Å². The molecular weight excluding hydrogens is 235 g/mol. The summed E-state index contributed by atoms with van der Waals surface area (Å²) in [5.74, 6) is -1.01. The van der Waals surface area contributed by atoms with E-state index >= 15 is 0 Å². The number of aryl methyl sites for hydroxylation is 1. The molecule has 0 bridgehead atoms. The van der Waals surface area contributed by atoms with Crippen molar-refractivity contribution in [3.8, 4) is 0 Å². The molecule has 1 amide bonds. The van der Waals surface area contributed by atoms with Gasteiger partial charge in [0.05, 0.1) is 11.7 Å². The van der Waals surface area contributed by atoms with Crippen molar-refractivity contribution in [2.75, 3.05) is 18.9 Å². The van der Waals surface area contributed by atoms with Crippen molar-refractivity contribution in [3.05, 3.63) is 29.1 Å². The minimum atomic E-state index is -0.536. The monoisotopic (exact) mass is 254 g/mol. The molecule has 0 aliphatic carbocycles. The Hall–Kier alpha value is -1.62. The maximum absolute atomic E-state index is 13.8. The highest BCUT2D eigenvalue weighted by atomic mass is 19.1. The summed E-state index contributed by atoms with van der Waals surface area (Å²) in [5.41, 5.74) is 6.30. The predicted molar refractivity (Wildman–Crippen MR) is 69.0 cm³/mol. The van der Waals surface area contributed by atoms with Crippen LogP contribution in [0.15, 0.2) is 12.1 Å². The molecule has 0 saturated heterocycles. The zero-order chi connectivity index (χ0) is 13.7. The van der Waals surface area contributed by atoms with Gasteiger partial charge < -0.3 is 15.8 Å². The number of benzene rings is 1. The van der Waals surface area contributed by atoms with Crippen LogP contribution in [0.3, 0.4) is 0 Å². The highest BCUT2D eigenvalue weighted by molar-refractivity contribution is 5.95. The van der Waals surface area contributed by atoms with Crippen LogP contribution in [0.5, 0.6) is 0 Å². The summed E-state index contributed by atoms with van der Waals surface area (Å²) in [5, 5.41) is 2.62.